The van der Waals surface area contributed by atoms with E-state index in [-0.39, 0.29) is 11.4 Å². The molecular formula is C13H9FINO3. The standard InChI is InChI=1S/C13H9FINO3/c1-8-6-13(11(16(17)18)7-9(8)14)19-12-5-3-2-4-10(12)15/h2-7H,1H3. The molecule has 98 valence electrons. The molecule has 0 bridgehead atoms. The molecular weight excluding hydrogens is 364 g/mol. The molecule has 0 radical (unpaired) electrons. The molecule has 0 aliphatic carbocycles. The molecule has 0 aliphatic rings. The molecule has 0 saturated heterocycles. The highest BCUT2D eigenvalue weighted by Crippen LogP contribution is 2.35. The minimum atomic E-state index is -0.659. The van der Waals surface area contributed by atoms with Crippen LogP contribution in [0.2, 0.25) is 0 Å². The van der Waals surface area contributed by atoms with Crippen molar-refractivity contribution in [1.29, 1.82) is 0 Å². The van der Waals surface area contributed by atoms with Crippen molar-refractivity contribution in [3.63, 3.8) is 0 Å². The molecule has 6 heteroatoms. The molecule has 2 rings (SSSR count). The first kappa shape index (κ1) is 13.7. The second-order valence-corrected chi connectivity index (χ2v) is 5.02. The Morgan fingerprint density at radius 1 is 1.26 bits per heavy atom. The van der Waals surface area contributed by atoms with Gasteiger partial charge in [0.2, 0.25) is 5.75 Å². The van der Waals surface area contributed by atoms with Gasteiger partial charge in [-0.1, -0.05) is 12.1 Å². The molecule has 0 unspecified atom stereocenters. The summed E-state index contributed by atoms with van der Waals surface area (Å²) in [5, 5.41) is 10.9. The van der Waals surface area contributed by atoms with E-state index in [9.17, 15) is 14.5 Å². The molecule has 0 fully saturated rings. The quantitative estimate of drug-likeness (QED) is 0.454. The fraction of sp³-hybridized carbons (Fsp3) is 0.0769. The summed E-state index contributed by atoms with van der Waals surface area (Å²) < 4.78 is 19.7. The van der Waals surface area contributed by atoms with Gasteiger partial charge in [-0.3, -0.25) is 10.1 Å². The normalized spacial score (nSPS) is 10.3. The third kappa shape index (κ3) is 3.01. The number of nitro groups is 1. The lowest BCUT2D eigenvalue weighted by Crippen LogP contribution is -1.97. The zero-order chi connectivity index (χ0) is 14.0. The van der Waals surface area contributed by atoms with E-state index in [2.05, 4.69) is 22.6 Å². The van der Waals surface area contributed by atoms with E-state index >= 15 is 0 Å². The first-order valence-corrected chi connectivity index (χ1v) is 6.44. The van der Waals surface area contributed by atoms with Crippen LogP contribution in [0.5, 0.6) is 11.5 Å². The Morgan fingerprint density at radius 3 is 2.58 bits per heavy atom. The van der Waals surface area contributed by atoms with E-state index in [1.54, 1.807) is 12.1 Å². The van der Waals surface area contributed by atoms with Crippen molar-refractivity contribution in [2.24, 2.45) is 0 Å². The SMILES string of the molecule is Cc1cc(Oc2ccccc2I)c([N+](=O)[O-])cc1F. The van der Waals surface area contributed by atoms with Crippen molar-refractivity contribution < 1.29 is 14.1 Å². The molecule has 0 N–H and O–H groups in total. The highest BCUT2D eigenvalue weighted by Gasteiger charge is 2.19. The van der Waals surface area contributed by atoms with E-state index in [0.717, 1.165) is 9.64 Å². The maximum atomic E-state index is 13.4. The van der Waals surface area contributed by atoms with Crippen LogP contribution in [0.25, 0.3) is 0 Å². The summed E-state index contributed by atoms with van der Waals surface area (Å²) in [5.41, 5.74) is -0.0886. The van der Waals surface area contributed by atoms with Crippen molar-refractivity contribution >= 4 is 28.3 Å². The van der Waals surface area contributed by atoms with Gasteiger partial charge in [0.25, 0.3) is 0 Å². The van der Waals surface area contributed by atoms with Crippen LogP contribution in [0, 0.1) is 26.4 Å². The van der Waals surface area contributed by atoms with E-state index in [4.69, 9.17) is 4.74 Å². The van der Waals surface area contributed by atoms with Gasteiger partial charge < -0.3 is 4.74 Å². The van der Waals surface area contributed by atoms with Crippen LogP contribution in [-0.2, 0) is 0 Å². The number of rotatable bonds is 3. The number of nitro benzene ring substituents is 1. The Bertz CT molecular complexity index is 646. The fourth-order valence-electron chi connectivity index (χ4n) is 1.51. The third-order valence-electron chi connectivity index (χ3n) is 2.49. The first-order chi connectivity index (χ1) is 8.99. The Hall–Kier alpha value is -1.70. The van der Waals surface area contributed by atoms with Gasteiger partial charge in [-0.2, -0.15) is 0 Å². The third-order valence-corrected chi connectivity index (χ3v) is 3.38. The number of benzene rings is 2. The Labute approximate surface area is 122 Å². The summed E-state index contributed by atoms with van der Waals surface area (Å²) in [6, 6.07) is 9.32. The van der Waals surface area contributed by atoms with Crippen molar-refractivity contribution in [2.45, 2.75) is 6.92 Å². The van der Waals surface area contributed by atoms with E-state index in [0.29, 0.717) is 11.3 Å². The molecule has 2 aromatic carbocycles. The number of para-hydroxylation sites is 1. The van der Waals surface area contributed by atoms with Crippen molar-refractivity contribution in [3.8, 4) is 11.5 Å². The topological polar surface area (TPSA) is 52.4 Å². The predicted octanol–water partition coefficient (Wildman–Crippen LogP) is 4.44. The molecule has 0 aliphatic heterocycles. The number of hydrogen-bond donors (Lipinski definition) is 0. The van der Waals surface area contributed by atoms with E-state index in [1.807, 2.05) is 12.1 Å². The maximum Gasteiger partial charge on any atom is 0.314 e. The molecule has 0 heterocycles. The van der Waals surface area contributed by atoms with Crippen LogP contribution in [0.3, 0.4) is 0 Å². The Kier molecular flexibility index (Phi) is 3.98. The maximum absolute atomic E-state index is 13.4. The summed E-state index contributed by atoms with van der Waals surface area (Å²) in [4.78, 5) is 10.3. The zero-order valence-electron chi connectivity index (χ0n) is 9.89. The van der Waals surface area contributed by atoms with E-state index < -0.39 is 10.7 Å². The average molecular weight is 373 g/mol. The highest BCUT2D eigenvalue weighted by atomic mass is 127. The molecule has 0 aromatic heterocycles. The fourth-order valence-corrected chi connectivity index (χ4v) is 2.01. The highest BCUT2D eigenvalue weighted by molar-refractivity contribution is 14.1. The van der Waals surface area contributed by atoms with Crippen LogP contribution in [0.15, 0.2) is 36.4 Å². The van der Waals surface area contributed by atoms with Gasteiger partial charge in [0, 0.05) is 0 Å². The molecule has 4 nitrogen and oxygen atoms in total. The lowest BCUT2D eigenvalue weighted by Gasteiger charge is -2.09. The number of ether oxygens (including phenoxy) is 1. The monoisotopic (exact) mass is 373 g/mol. The van der Waals surface area contributed by atoms with Crippen LogP contribution >= 0.6 is 22.6 Å². The van der Waals surface area contributed by atoms with Crippen molar-refractivity contribution in [2.75, 3.05) is 0 Å². The number of halogens is 2. The lowest BCUT2D eigenvalue weighted by atomic mass is 10.2. The van der Waals surface area contributed by atoms with Gasteiger partial charge in [-0.05, 0) is 53.3 Å². The molecule has 19 heavy (non-hydrogen) atoms. The molecule has 2 aromatic rings. The van der Waals surface area contributed by atoms with Crippen LogP contribution in [0.1, 0.15) is 5.56 Å². The van der Waals surface area contributed by atoms with Crippen LogP contribution < -0.4 is 4.74 Å². The van der Waals surface area contributed by atoms with Crippen molar-refractivity contribution in [1.82, 2.24) is 0 Å². The first-order valence-electron chi connectivity index (χ1n) is 5.36. The average Bonchev–Trinajstić information content (AvgIpc) is 2.36. The van der Waals surface area contributed by atoms with Gasteiger partial charge >= 0.3 is 5.69 Å². The summed E-state index contributed by atoms with van der Waals surface area (Å²) >= 11 is 2.06. The molecule has 0 saturated carbocycles. The van der Waals surface area contributed by atoms with E-state index in [1.165, 1.54) is 13.0 Å². The number of aryl methyl sites for hydroxylation is 1. The summed E-state index contributed by atoms with van der Waals surface area (Å²) in [7, 11) is 0. The van der Waals surface area contributed by atoms with Crippen LogP contribution in [0.4, 0.5) is 10.1 Å². The summed E-state index contributed by atoms with van der Waals surface area (Å²) in [5.74, 6) is -0.0907. The second kappa shape index (κ2) is 5.52. The smallest absolute Gasteiger partial charge is 0.314 e. The summed E-state index contributed by atoms with van der Waals surface area (Å²) in [6.45, 7) is 1.53. The van der Waals surface area contributed by atoms with Crippen LogP contribution in [-0.4, -0.2) is 4.92 Å². The molecule has 0 spiro atoms. The molecule has 0 amide bonds. The van der Waals surface area contributed by atoms with Gasteiger partial charge in [0.05, 0.1) is 14.6 Å². The Balaban J connectivity index is 2.48. The minimum absolute atomic E-state index is 0.0352. The molecule has 0 atom stereocenters. The number of hydrogen-bond acceptors (Lipinski definition) is 3. The Morgan fingerprint density at radius 2 is 1.95 bits per heavy atom. The second-order valence-electron chi connectivity index (χ2n) is 3.86. The van der Waals surface area contributed by atoms with Crippen molar-refractivity contribution in [3.05, 3.63) is 61.5 Å². The minimum Gasteiger partial charge on any atom is -0.449 e. The largest absolute Gasteiger partial charge is 0.449 e. The van der Waals surface area contributed by atoms with Gasteiger partial charge in [-0.25, -0.2) is 4.39 Å². The zero-order valence-corrected chi connectivity index (χ0v) is 12.0. The van der Waals surface area contributed by atoms with Gasteiger partial charge in [0.1, 0.15) is 11.6 Å². The predicted molar refractivity (Wildman–Crippen MR) is 77.0 cm³/mol. The van der Waals surface area contributed by atoms with Gasteiger partial charge in [0.15, 0.2) is 0 Å². The summed E-state index contributed by atoms with van der Waals surface area (Å²) in [6.07, 6.45) is 0. The number of nitrogens with zero attached hydrogens (tertiary/aromatic N) is 1. The van der Waals surface area contributed by atoms with Gasteiger partial charge in [-0.15, -0.1) is 0 Å². The lowest BCUT2D eigenvalue weighted by molar-refractivity contribution is -0.385.